The monoisotopic (exact) mass is 289 g/mol. The number of hydrogen-bond donors (Lipinski definition) is 1. The highest BCUT2D eigenvalue weighted by atomic mass is 19.1. The predicted molar refractivity (Wildman–Crippen MR) is 82.5 cm³/mol. The first-order valence-electron chi connectivity index (χ1n) is 7.20. The van der Waals surface area contributed by atoms with Crippen LogP contribution in [0, 0.1) is 32.4 Å². The molecule has 3 heteroatoms. The maximum absolute atomic E-state index is 13.8. The van der Waals surface area contributed by atoms with Crippen molar-refractivity contribution in [2.45, 2.75) is 33.7 Å². The zero-order valence-corrected chi connectivity index (χ0v) is 12.9. The molecule has 1 atom stereocenters. The van der Waals surface area contributed by atoms with Crippen LogP contribution in [-0.4, -0.2) is 6.54 Å². The fourth-order valence-electron chi connectivity index (χ4n) is 2.63. The van der Waals surface area contributed by atoms with E-state index in [0.29, 0.717) is 16.7 Å². The van der Waals surface area contributed by atoms with Gasteiger partial charge in [-0.25, -0.2) is 8.78 Å². The second-order valence-corrected chi connectivity index (χ2v) is 5.47. The van der Waals surface area contributed by atoms with Crippen molar-refractivity contribution < 1.29 is 8.78 Å². The lowest BCUT2D eigenvalue weighted by molar-refractivity contribution is 0.595. The summed E-state index contributed by atoms with van der Waals surface area (Å²) in [5.74, 6) is -0.371. The number of benzene rings is 2. The van der Waals surface area contributed by atoms with E-state index in [1.165, 1.54) is 6.07 Å². The van der Waals surface area contributed by atoms with E-state index in [2.05, 4.69) is 5.32 Å². The van der Waals surface area contributed by atoms with E-state index in [-0.39, 0.29) is 17.7 Å². The van der Waals surface area contributed by atoms with Gasteiger partial charge in [-0.05, 0) is 61.2 Å². The lowest BCUT2D eigenvalue weighted by Crippen LogP contribution is -2.22. The molecule has 2 aromatic rings. The molecule has 1 nitrogen and oxygen atoms in total. The van der Waals surface area contributed by atoms with Crippen LogP contribution in [0.3, 0.4) is 0 Å². The first kappa shape index (κ1) is 15.6. The molecule has 0 saturated heterocycles. The summed E-state index contributed by atoms with van der Waals surface area (Å²) in [6.07, 6.45) is 0. The highest BCUT2D eigenvalue weighted by Gasteiger charge is 2.16. The molecule has 0 heterocycles. The van der Waals surface area contributed by atoms with E-state index in [4.69, 9.17) is 0 Å². The van der Waals surface area contributed by atoms with E-state index < -0.39 is 0 Å². The van der Waals surface area contributed by atoms with Gasteiger partial charge in [-0.1, -0.05) is 31.2 Å². The lowest BCUT2D eigenvalue weighted by atomic mass is 9.94. The first-order valence-corrected chi connectivity index (χ1v) is 7.20. The Balaban J connectivity index is 2.50. The van der Waals surface area contributed by atoms with Crippen molar-refractivity contribution in [2.75, 3.05) is 6.54 Å². The number of nitrogens with one attached hydrogen (secondary N) is 1. The Hall–Kier alpha value is -1.74. The van der Waals surface area contributed by atoms with E-state index >= 15 is 0 Å². The van der Waals surface area contributed by atoms with Crippen LogP contribution in [0.4, 0.5) is 8.78 Å². The van der Waals surface area contributed by atoms with Gasteiger partial charge in [-0.3, -0.25) is 0 Å². The smallest absolute Gasteiger partial charge is 0.129 e. The molecule has 112 valence electrons. The standard InChI is InChI=1S/C18H21F2N/c1-5-21-18(14-6-7-16(19)11(2)8-14)15-9-12(3)17(20)13(4)10-15/h6-10,18,21H,5H2,1-4H3. The second kappa shape index (κ2) is 6.35. The normalized spacial score (nSPS) is 12.5. The molecule has 0 spiro atoms. The number of aryl methyl sites for hydroxylation is 3. The molecule has 2 rings (SSSR count). The molecule has 21 heavy (non-hydrogen) atoms. The molecule has 1 unspecified atom stereocenters. The third-order valence-corrected chi connectivity index (χ3v) is 3.72. The summed E-state index contributed by atoms with van der Waals surface area (Å²) in [6, 6.07) is 8.76. The fourth-order valence-corrected chi connectivity index (χ4v) is 2.63. The molecule has 0 aliphatic heterocycles. The number of hydrogen-bond acceptors (Lipinski definition) is 1. The van der Waals surface area contributed by atoms with Crippen molar-refractivity contribution in [1.29, 1.82) is 0 Å². The molecule has 0 saturated carbocycles. The van der Waals surface area contributed by atoms with Crippen LogP contribution >= 0.6 is 0 Å². The Morgan fingerprint density at radius 2 is 1.48 bits per heavy atom. The van der Waals surface area contributed by atoms with Crippen LogP contribution in [0.15, 0.2) is 30.3 Å². The lowest BCUT2D eigenvalue weighted by Gasteiger charge is -2.21. The van der Waals surface area contributed by atoms with Crippen LogP contribution in [0.5, 0.6) is 0 Å². The molecule has 0 aliphatic rings. The van der Waals surface area contributed by atoms with Gasteiger partial charge in [-0.15, -0.1) is 0 Å². The molecular formula is C18H21F2N. The minimum Gasteiger partial charge on any atom is -0.307 e. The van der Waals surface area contributed by atoms with Crippen molar-refractivity contribution in [3.05, 3.63) is 69.8 Å². The van der Waals surface area contributed by atoms with Gasteiger partial charge in [0.1, 0.15) is 11.6 Å². The summed E-state index contributed by atoms with van der Waals surface area (Å²) in [5, 5.41) is 3.39. The highest BCUT2D eigenvalue weighted by Crippen LogP contribution is 2.27. The van der Waals surface area contributed by atoms with Gasteiger partial charge in [-0.2, -0.15) is 0 Å². The third kappa shape index (κ3) is 3.30. The topological polar surface area (TPSA) is 12.0 Å². The minimum absolute atomic E-state index is 0.0627. The largest absolute Gasteiger partial charge is 0.307 e. The summed E-state index contributed by atoms with van der Waals surface area (Å²) in [7, 11) is 0. The summed E-state index contributed by atoms with van der Waals surface area (Å²) < 4.78 is 27.3. The zero-order valence-electron chi connectivity index (χ0n) is 12.9. The molecular weight excluding hydrogens is 268 g/mol. The zero-order chi connectivity index (χ0) is 15.6. The molecule has 2 aromatic carbocycles. The Morgan fingerprint density at radius 3 is 2.00 bits per heavy atom. The van der Waals surface area contributed by atoms with Crippen molar-refractivity contribution >= 4 is 0 Å². The quantitative estimate of drug-likeness (QED) is 0.868. The van der Waals surface area contributed by atoms with Gasteiger partial charge in [0.05, 0.1) is 6.04 Å². The highest BCUT2D eigenvalue weighted by molar-refractivity contribution is 5.39. The van der Waals surface area contributed by atoms with E-state index in [1.54, 1.807) is 26.8 Å². The van der Waals surface area contributed by atoms with Crippen LogP contribution in [0.1, 0.15) is 40.8 Å². The minimum atomic E-state index is -0.208. The van der Waals surface area contributed by atoms with Gasteiger partial charge in [0.15, 0.2) is 0 Å². The van der Waals surface area contributed by atoms with Crippen LogP contribution in [0.2, 0.25) is 0 Å². The van der Waals surface area contributed by atoms with Crippen molar-refractivity contribution in [3.8, 4) is 0 Å². The Bertz CT molecular complexity index is 627. The molecule has 0 bridgehead atoms. The first-order chi connectivity index (χ1) is 9.93. The predicted octanol–water partition coefficient (Wildman–Crippen LogP) is 4.59. The van der Waals surface area contributed by atoms with Gasteiger partial charge in [0.2, 0.25) is 0 Å². The number of rotatable bonds is 4. The van der Waals surface area contributed by atoms with Gasteiger partial charge < -0.3 is 5.32 Å². The van der Waals surface area contributed by atoms with Crippen LogP contribution in [-0.2, 0) is 0 Å². The maximum atomic E-state index is 13.8. The SMILES string of the molecule is CCNC(c1ccc(F)c(C)c1)c1cc(C)c(F)c(C)c1. The molecule has 0 fully saturated rings. The summed E-state index contributed by atoms with van der Waals surface area (Å²) in [4.78, 5) is 0. The summed E-state index contributed by atoms with van der Waals surface area (Å²) in [5.41, 5.74) is 3.87. The van der Waals surface area contributed by atoms with Crippen molar-refractivity contribution in [1.82, 2.24) is 5.32 Å². The molecule has 1 N–H and O–H groups in total. The van der Waals surface area contributed by atoms with Crippen molar-refractivity contribution in [2.24, 2.45) is 0 Å². The molecule has 0 aliphatic carbocycles. The summed E-state index contributed by atoms with van der Waals surface area (Å²) in [6.45, 7) is 8.09. The van der Waals surface area contributed by atoms with E-state index in [1.807, 2.05) is 25.1 Å². The molecule has 0 radical (unpaired) electrons. The molecule has 0 aromatic heterocycles. The molecule has 0 amide bonds. The second-order valence-electron chi connectivity index (χ2n) is 5.47. The van der Waals surface area contributed by atoms with E-state index in [0.717, 1.165) is 17.7 Å². The Morgan fingerprint density at radius 1 is 0.905 bits per heavy atom. The maximum Gasteiger partial charge on any atom is 0.129 e. The average Bonchev–Trinajstić information content (AvgIpc) is 2.45. The van der Waals surface area contributed by atoms with Gasteiger partial charge in [0.25, 0.3) is 0 Å². The third-order valence-electron chi connectivity index (χ3n) is 3.72. The van der Waals surface area contributed by atoms with Gasteiger partial charge in [0, 0.05) is 0 Å². The fraction of sp³-hybridized carbons (Fsp3) is 0.333. The van der Waals surface area contributed by atoms with Gasteiger partial charge >= 0.3 is 0 Å². The van der Waals surface area contributed by atoms with E-state index in [9.17, 15) is 8.78 Å². The number of halogens is 2. The van der Waals surface area contributed by atoms with Crippen LogP contribution in [0.25, 0.3) is 0 Å². The average molecular weight is 289 g/mol. The van der Waals surface area contributed by atoms with Crippen molar-refractivity contribution in [3.63, 3.8) is 0 Å². The Labute approximate surface area is 125 Å². The van der Waals surface area contributed by atoms with Crippen LogP contribution < -0.4 is 5.32 Å². The Kier molecular flexibility index (Phi) is 4.73. The summed E-state index contributed by atoms with van der Waals surface area (Å²) >= 11 is 0.